The molecule has 0 radical (unpaired) electrons. The number of Topliss-reactive ketones (excluding diaryl/α,β-unsaturated/α-hetero) is 1. The van der Waals surface area contributed by atoms with Gasteiger partial charge in [-0.2, -0.15) is 0 Å². The van der Waals surface area contributed by atoms with Gasteiger partial charge in [-0.25, -0.2) is 4.79 Å². The molecule has 0 spiro atoms. The van der Waals surface area contributed by atoms with Gasteiger partial charge in [0.1, 0.15) is 11.4 Å². The Hall–Kier alpha value is -2.64. The number of carbonyl (C=O) groups is 2. The number of fused-ring (bicyclic) bond motifs is 1. The monoisotopic (exact) mass is 460 g/mol. The number of aromatic nitrogens is 1. The van der Waals surface area contributed by atoms with Crippen molar-refractivity contribution in [1.29, 1.82) is 0 Å². The Morgan fingerprint density at radius 2 is 1.84 bits per heavy atom. The van der Waals surface area contributed by atoms with Crippen molar-refractivity contribution in [3.63, 3.8) is 0 Å². The molecule has 2 unspecified atom stereocenters. The van der Waals surface area contributed by atoms with Crippen LogP contribution < -0.4 is 0 Å². The van der Waals surface area contributed by atoms with Gasteiger partial charge in [0.25, 0.3) is 0 Å². The van der Waals surface area contributed by atoms with Gasteiger partial charge in [0.15, 0.2) is 5.78 Å². The maximum atomic E-state index is 13.2. The predicted molar refractivity (Wildman–Crippen MR) is 121 cm³/mol. The minimum absolute atomic E-state index is 0.0423. The van der Waals surface area contributed by atoms with E-state index >= 15 is 0 Å². The summed E-state index contributed by atoms with van der Waals surface area (Å²) in [6.45, 7) is 9.26. The van der Waals surface area contributed by atoms with E-state index in [0.717, 1.165) is 5.56 Å². The molecule has 1 aromatic carbocycles. The number of benzene rings is 1. The summed E-state index contributed by atoms with van der Waals surface area (Å²) in [6, 6.07) is 6.43. The number of phenols is 1. The molecule has 0 bridgehead atoms. The number of aliphatic hydroxyl groups is 1. The van der Waals surface area contributed by atoms with E-state index in [1.165, 1.54) is 18.0 Å². The van der Waals surface area contributed by atoms with E-state index in [0.29, 0.717) is 23.6 Å². The number of nitrogens with zero attached hydrogens (tertiary/aromatic N) is 2. The van der Waals surface area contributed by atoms with Crippen molar-refractivity contribution in [1.82, 2.24) is 9.88 Å². The number of amides is 1. The Labute approximate surface area is 192 Å². The number of aromatic hydroxyl groups is 1. The van der Waals surface area contributed by atoms with Crippen LogP contribution in [-0.2, 0) is 17.6 Å². The fourth-order valence-corrected chi connectivity index (χ4v) is 4.57. The van der Waals surface area contributed by atoms with Gasteiger partial charge < -0.3 is 15.3 Å². The third kappa shape index (κ3) is 3.95. The van der Waals surface area contributed by atoms with Crippen molar-refractivity contribution in [3.8, 4) is 5.75 Å². The van der Waals surface area contributed by atoms with Crippen LogP contribution in [0.5, 0.6) is 5.75 Å². The van der Waals surface area contributed by atoms with Crippen LogP contribution in [0.1, 0.15) is 68.2 Å². The number of hydrogen-bond acceptors (Lipinski definition) is 5. The normalized spacial score (nSPS) is 20.4. The molecule has 0 fully saturated rings. The highest BCUT2D eigenvalue weighted by Crippen LogP contribution is 2.51. The largest absolute Gasteiger partial charge is 0.507 e. The second-order valence-electron chi connectivity index (χ2n) is 9.74. The van der Waals surface area contributed by atoms with Crippen LogP contribution in [0.25, 0.3) is 0 Å². The first kappa shape index (κ1) is 24.0. The maximum absolute atomic E-state index is 13.2. The molecule has 1 amide bonds. The molecule has 1 aliphatic rings. The zero-order valence-electron chi connectivity index (χ0n) is 18.9. The average Bonchev–Trinajstić information content (AvgIpc) is 2.67. The topological polar surface area (TPSA) is 111 Å². The fourth-order valence-electron chi connectivity index (χ4n) is 4.46. The number of carboxylic acid groups (broad SMARTS) is 1. The Kier molecular flexibility index (Phi) is 6.04. The number of rotatable bonds is 4. The summed E-state index contributed by atoms with van der Waals surface area (Å²) in [5, 5.41) is 32.4. The molecule has 172 valence electrons. The molecule has 8 heteroatoms. The first-order valence-corrected chi connectivity index (χ1v) is 10.8. The quantitative estimate of drug-likeness (QED) is 0.569. The lowest BCUT2D eigenvalue weighted by Gasteiger charge is -2.52. The van der Waals surface area contributed by atoms with Crippen LogP contribution in [0.2, 0.25) is 5.02 Å². The van der Waals surface area contributed by atoms with Gasteiger partial charge in [-0.15, -0.1) is 0 Å². The summed E-state index contributed by atoms with van der Waals surface area (Å²) in [6.07, 6.45) is 0.424. The van der Waals surface area contributed by atoms with Crippen LogP contribution in [0, 0.1) is 5.41 Å². The molecule has 1 aliphatic heterocycles. The van der Waals surface area contributed by atoms with Gasteiger partial charge in [0.2, 0.25) is 0 Å². The molecule has 0 saturated carbocycles. The summed E-state index contributed by atoms with van der Waals surface area (Å²) >= 11 is 5.86. The molecule has 32 heavy (non-hydrogen) atoms. The molecule has 0 aliphatic carbocycles. The first-order valence-electron chi connectivity index (χ1n) is 10.4. The Balaban J connectivity index is 2.07. The van der Waals surface area contributed by atoms with Crippen molar-refractivity contribution in [2.24, 2.45) is 5.41 Å². The van der Waals surface area contributed by atoms with Crippen molar-refractivity contribution in [2.75, 3.05) is 6.54 Å². The van der Waals surface area contributed by atoms with Gasteiger partial charge in [-0.1, -0.05) is 38.4 Å². The van der Waals surface area contributed by atoms with E-state index in [2.05, 4.69) is 4.98 Å². The van der Waals surface area contributed by atoms with Crippen LogP contribution in [0.15, 0.2) is 30.5 Å². The number of phenolic OH excluding ortho intramolecular Hbond substituents is 1. The number of pyridine rings is 1. The summed E-state index contributed by atoms with van der Waals surface area (Å²) < 4.78 is 0. The first-order chi connectivity index (χ1) is 14.7. The van der Waals surface area contributed by atoms with Crippen LogP contribution in [-0.4, -0.2) is 43.6 Å². The predicted octanol–water partition coefficient (Wildman–Crippen LogP) is 4.72. The average molecular weight is 461 g/mol. The number of ketones is 1. The number of carbonyl (C=O) groups excluding carboxylic acids is 1. The van der Waals surface area contributed by atoms with E-state index in [1.54, 1.807) is 31.2 Å². The summed E-state index contributed by atoms with van der Waals surface area (Å²) in [5.74, 6) is -0.716. The van der Waals surface area contributed by atoms with Crippen LogP contribution in [0.3, 0.4) is 0 Å². The van der Waals surface area contributed by atoms with E-state index in [-0.39, 0.29) is 23.4 Å². The molecule has 3 N–H and O–H groups in total. The molecular formula is C24H29ClN2O5. The zero-order chi connectivity index (χ0) is 24.1. The minimum atomic E-state index is -1.58. The van der Waals surface area contributed by atoms with Crippen molar-refractivity contribution < 1.29 is 24.9 Å². The lowest BCUT2D eigenvalue weighted by Crippen LogP contribution is -2.57. The van der Waals surface area contributed by atoms with Crippen molar-refractivity contribution in [3.05, 3.63) is 57.9 Å². The molecule has 1 aromatic heterocycles. The molecule has 3 rings (SSSR count). The van der Waals surface area contributed by atoms with E-state index < -0.39 is 28.4 Å². The van der Waals surface area contributed by atoms with Gasteiger partial charge in [-0.05, 0) is 49.4 Å². The molecule has 2 atom stereocenters. The highest BCUT2D eigenvalue weighted by Gasteiger charge is 2.51. The zero-order valence-corrected chi connectivity index (χ0v) is 19.7. The fraction of sp³-hybridized carbons (Fsp3) is 0.458. The summed E-state index contributed by atoms with van der Waals surface area (Å²) in [4.78, 5) is 30.7. The second-order valence-corrected chi connectivity index (χ2v) is 10.2. The lowest BCUT2D eigenvalue weighted by atomic mass is 9.65. The SMILES string of the molecule is CC(O)(CC(=O)c1ccc2c(c1O)C(C)(C(C)(C)C)N(C(=O)O)CC2)c1ccc(Cl)cn1. The van der Waals surface area contributed by atoms with Gasteiger partial charge in [0, 0.05) is 24.7 Å². The molecule has 2 aromatic rings. The van der Waals surface area contributed by atoms with Gasteiger partial charge >= 0.3 is 6.09 Å². The molecule has 7 nitrogen and oxygen atoms in total. The minimum Gasteiger partial charge on any atom is -0.507 e. The maximum Gasteiger partial charge on any atom is 0.408 e. The smallest absolute Gasteiger partial charge is 0.408 e. The van der Waals surface area contributed by atoms with E-state index in [1.807, 2.05) is 20.8 Å². The highest BCUT2D eigenvalue weighted by atomic mass is 35.5. The molecule has 2 heterocycles. The lowest BCUT2D eigenvalue weighted by molar-refractivity contribution is 0.00205. The van der Waals surface area contributed by atoms with Crippen LogP contribution >= 0.6 is 11.6 Å². The standard InChI is InChI=1S/C24H29ClN2O5/c1-22(2,3)24(5)19-14(10-11-27(24)21(30)31)6-8-16(20(19)29)17(28)12-23(4,32)18-9-7-15(25)13-26-18/h6-9,13,29,32H,10-12H2,1-5H3,(H,30,31). The van der Waals surface area contributed by atoms with Gasteiger partial charge in [0.05, 0.1) is 21.8 Å². The van der Waals surface area contributed by atoms with Crippen molar-refractivity contribution >= 4 is 23.5 Å². The third-order valence-electron chi connectivity index (χ3n) is 6.67. The molecule has 0 saturated heterocycles. The van der Waals surface area contributed by atoms with E-state index in [9.17, 15) is 24.9 Å². The Morgan fingerprint density at radius 1 is 1.19 bits per heavy atom. The Morgan fingerprint density at radius 3 is 2.38 bits per heavy atom. The summed E-state index contributed by atoms with van der Waals surface area (Å²) in [7, 11) is 0. The number of halogens is 1. The Bertz CT molecular complexity index is 1060. The van der Waals surface area contributed by atoms with Crippen molar-refractivity contribution in [2.45, 2.75) is 58.6 Å². The second kappa shape index (κ2) is 8.05. The van der Waals surface area contributed by atoms with Gasteiger partial charge in [-0.3, -0.25) is 14.7 Å². The third-order valence-corrected chi connectivity index (χ3v) is 6.89. The van der Waals surface area contributed by atoms with E-state index in [4.69, 9.17) is 11.6 Å². The number of hydrogen-bond donors (Lipinski definition) is 3. The van der Waals surface area contributed by atoms with Crippen LogP contribution in [0.4, 0.5) is 4.79 Å². The highest BCUT2D eigenvalue weighted by molar-refractivity contribution is 6.30. The molecular weight excluding hydrogens is 432 g/mol. The summed E-state index contributed by atoms with van der Waals surface area (Å²) in [5.41, 5.74) is -1.64.